The summed E-state index contributed by atoms with van der Waals surface area (Å²) in [6, 6.07) is 14.7. The maximum Gasteiger partial charge on any atom is 0.259 e. The van der Waals surface area contributed by atoms with Crippen LogP contribution >= 0.6 is 11.3 Å². The Kier molecular flexibility index (Phi) is 6.56. The molecule has 1 aliphatic rings. The van der Waals surface area contributed by atoms with Crippen LogP contribution in [0, 0.1) is 11.3 Å². The molecule has 2 N–H and O–H groups in total. The standard InChI is InChI=1S/C27H30N2O3S/c1-27(2,3)18-13-14-20-22(15-18)33-26(23(20)25(31)29-19-10-6-5-7-11-19)28-16-17-9-8-12-21(32-4)24(17)30/h5-12,16,18,30H,13-15H2,1-4H3,(H,29,31)/b28-16+. The quantitative estimate of drug-likeness (QED) is 0.419. The predicted octanol–water partition coefficient (Wildman–Crippen LogP) is 6.62. The minimum atomic E-state index is -0.144. The Morgan fingerprint density at radius 2 is 1.94 bits per heavy atom. The molecule has 0 bridgehead atoms. The summed E-state index contributed by atoms with van der Waals surface area (Å²) in [7, 11) is 1.51. The third-order valence-electron chi connectivity index (χ3n) is 6.30. The van der Waals surface area contributed by atoms with Crippen molar-refractivity contribution < 1.29 is 14.6 Å². The van der Waals surface area contributed by atoms with Crippen LogP contribution in [0.15, 0.2) is 53.5 Å². The number of para-hydroxylation sites is 2. The molecule has 0 saturated heterocycles. The highest BCUT2D eigenvalue weighted by Gasteiger charge is 2.33. The first-order chi connectivity index (χ1) is 15.8. The third kappa shape index (κ3) is 4.96. The van der Waals surface area contributed by atoms with Crippen molar-refractivity contribution in [2.24, 2.45) is 16.3 Å². The van der Waals surface area contributed by atoms with E-state index in [1.54, 1.807) is 35.8 Å². The molecular weight excluding hydrogens is 432 g/mol. The Labute approximate surface area is 199 Å². The zero-order chi connectivity index (χ0) is 23.6. The van der Waals surface area contributed by atoms with Gasteiger partial charge in [0.15, 0.2) is 11.5 Å². The Balaban J connectivity index is 1.73. The number of phenolic OH excluding ortho intramolecular Hbond substituents is 1. The van der Waals surface area contributed by atoms with E-state index in [-0.39, 0.29) is 17.1 Å². The van der Waals surface area contributed by atoms with Gasteiger partial charge < -0.3 is 15.2 Å². The zero-order valence-electron chi connectivity index (χ0n) is 19.5. The second-order valence-electron chi connectivity index (χ2n) is 9.47. The number of amides is 1. The molecule has 1 aromatic heterocycles. The van der Waals surface area contributed by atoms with Gasteiger partial charge in [0.25, 0.3) is 5.91 Å². The van der Waals surface area contributed by atoms with Gasteiger partial charge in [-0.3, -0.25) is 4.79 Å². The van der Waals surface area contributed by atoms with Gasteiger partial charge >= 0.3 is 0 Å². The highest BCUT2D eigenvalue weighted by Crippen LogP contribution is 2.45. The Hall–Kier alpha value is -3.12. The lowest BCUT2D eigenvalue weighted by molar-refractivity contribution is 0.102. The molecule has 0 aliphatic heterocycles. The highest BCUT2D eigenvalue weighted by atomic mass is 32.1. The molecular formula is C27H30N2O3S. The monoisotopic (exact) mass is 462 g/mol. The number of nitrogens with one attached hydrogen (secondary N) is 1. The molecule has 1 unspecified atom stereocenters. The fraction of sp³-hybridized carbons (Fsp3) is 0.333. The lowest BCUT2D eigenvalue weighted by atomic mass is 9.72. The van der Waals surface area contributed by atoms with Crippen molar-refractivity contribution >= 4 is 34.1 Å². The molecule has 33 heavy (non-hydrogen) atoms. The van der Waals surface area contributed by atoms with Crippen LogP contribution in [0.5, 0.6) is 11.5 Å². The topological polar surface area (TPSA) is 70.9 Å². The molecule has 0 radical (unpaired) electrons. The van der Waals surface area contributed by atoms with Crippen LogP contribution in [0.2, 0.25) is 0 Å². The predicted molar refractivity (Wildman–Crippen MR) is 136 cm³/mol. The third-order valence-corrected chi connectivity index (χ3v) is 7.46. The number of thiophene rings is 1. The van der Waals surface area contributed by atoms with Gasteiger partial charge in [-0.2, -0.15) is 0 Å². The summed E-state index contributed by atoms with van der Waals surface area (Å²) in [5, 5.41) is 14.1. The number of hydrogen-bond donors (Lipinski definition) is 2. The normalized spacial score (nSPS) is 15.9. The van der Waals surface area contributed by atoms with Crippen LogP contribution in [0.3, 0.4) is 0 Å². The first-order valence-corrected chi connectivity index (χ1v) is 12.0. The number of ether oxygens (including phenoxy) is 1. The largest absolute Gasteiger partial charge is 0.504 e. The van der Waals surface area contributed by atoms with Gasteiger partial charge in [-0.1, -0.05) is 45.0 Å². The zero-order valence-corrected chi connectivity index (χ0v) is 20.3. The number of fused-ring (bicyclic) bond motifs is 1. The first kappa shape index (κ1) is 23.1. The highest BCUT2D eigenvalue weighted by molar-refractivity contribution is 7.16. The Morgan fingerprint density at radius 3 is 2.64 bits per heavy atom. The molecule has 172 valence electrons. The summed E-state index contributed by atoms with van der Waals surface area (Å²) in [6.45, 7) is 6.84. The van der Waals surface area contributed by atoms with Crippen LogP contribution in [0.1, 0.15) is 53.6 Å². The van der Waals surface area contributed by atoms with E-state index in [2.05, 4.69) is 31.1 Å². The summed E-state index contributed by atoms with van der Waals surface area (Å²) in [5.41, 5.74) is 3.26. The minimum absolute atomic E-state index is 0.0353. The Bertz CT molecular complexity index is 1180. The fourth-order valence-corrected chi connectivity index (χ4v) is 5.56. The van der Waals surface area contributed by atoms with E-state index in [4.69, 9.17) is 4.74 Å². The number of carbonyl (C=O) groups is 1. The van der Waals surface area contributed by atoms with Crippen LogP contribution in [0.4, 0.5) is 10.7 Å². The number of carbonyl (C=O) groups excluding carboxylic acids is 1. The van der Waals surface area contributed by atoms with Crippen molar-refractivity contribution in [3.63, 3.8) is 0 Å². The van der Waals surface area contributed by atoms with Gasteiger partial charge in [0.05, 0.1) is 12.7 Å². The van der Waals surface area contributed by atoms with Crippen LogP contribution in [-0.2, 0) is 12.8 Å². The molecule has 1 amide bonds. The molecule has 4 rings (SSSR count). The molecule has 1 heterocycles. The smallest absolute Gasteiger partial charge is 0.259 e. The molecule has 5 nitrogen and oxygen atoms in total. The fourth-order valence-electron chi connectivity index (χ4n) is 4.29. The molecule has 1 atom stereocenters. The molecule has 0 spiro atoms. The summed E-state index contributed by atoms with van der Waals surface area (Å²) in [6.07, 6.45) is 4.48. The van der Waals surface area contributed by atoms with Gasteiger partial charge in [-0.15, -0.1) is 11.3 Å². The number of hydrogen-bond acceptors (Lipinski definition) is 5. The van der Waals surface area contributed by atoms with Gasteiger partial charge in [0.2, 0.25) is 0 Å². The Morgan fingerprint density at radius 1 is 1.18 bits per heavy atom. The van der Waals surface area contributed by atoms with Crippen molar-refractivity contribution in [1.29, 1.82) is 0 Å². The van der Waals surface area contributed by atoms with Gasteiger partial charge in [-0.05, 0) is 60.4 Å². The number of methoxy groups -OCH3 is 1. The molecule has 1 aliphatic carbocycles. The summed E-state index contributed by atoms with van der Waals surface area (Å²) in [5.74, 6) is 0.843. The molecule has 2 aromatic carbocycles. The lowest BCUT2D eigenvalue weighted by Crippen LogP contribution is -2.27. The number of anilines is 1. The van der Waals surface area contributed by atoms with Crippen molar-refractivity contribution in [2.45, 2.75) is 40.0 Å². The van der Waals surface area contributed by atoms with Crippen LogP contribution in [-0.4, -0.2) is 24.3 Å². The van der Waals surface area contributed by atoms with Crippen LogP contribution < -0.4 is 10.1 Å². The molecule has 0 fully saturated rings. The minimum Gasteiger partial charge on any atom is -0.504 e. The van der Waals surface area contributed by atoms with E-state index in [0.29, 0.717) is 27.8 Å². The van der Waals surface area contributed by atoms with Crippen molar-refractivity contribution in [2.75, 3.05) is 12.4 Å². The van der Waals surface area contributed by atoms with Gasteiger partial charge in [0, 0.05) is 22.3 Å². The summed E-state index contributed by atoms with van der Waals surface area (Å²) >= 11 is 1.58. The molecule has 3 aromatic rings. The lowest BCUT2D eigenvalue weighted by Gasteiger charge is -2.33. The van der Waals surface area contributed by atoms with Crippen molar-refractivity contribution in [3.05, 3.63) is 70.1 Å². The number of benzene rings is 2. The van der Waals surface area contributed by atoms with E-state index >= 15 is 0 Å². The van der Waals surface area contributed by atoms with E-state index in [9.17, 15) is 9.90 Å². The van der Waals surface area contributed by atoms with Crippen LogP contribution in [0.25, 0.3) is 0 Å². The number of aromatic hydroxyl groups is 1. The van der Waals surface area contributed by atoms with E-state index in [1.165, 1.54) is 12.0 Å². The van der Waals surface area contributed by atoms with Crippen molar-refractivity contribution in [1.82, 2.24) is 0 Å². The first-order valence-electron chi connectivity index (χ1n) is 11.2. The summed E-state index contributed by atoms with van der Waals surface area (Å²) in [4.78, 5) is 19.3. The maximum absolute atomic E-state index is 13.4. The summed E-state index contributed by atoms with van der Waals surface area (Å²) < 4.78 is 5.20. The average Bonchev–Trinajstić information content (AvgIpc) is 3.16. The second-order valence-corrected chi connectivity index (χ2v) is 10.5. The maximum atomic E-state index is 13.4. The SMILES string of the molecule is COc1cccc(/C=N/c2sc3c(c2C(=O)Nc2ccccc2)CCC(C(C)(C)C)C3)c1O. The number of phenols is 1. The van der Waals surface area contributed by atoms with Crippen molar-refractivity contribution in [3.8, 4) is 11.5 Å². The number of nitrogens with zero attached hydrogens (tertiary/aromatic N) is 1. The van der Waals surface area contributed by atoms with Gasteiger partial charge in [-0.25, -0.2) is 4.99 Å². The van der Waals surface area contributed by atoms with E-state index in [0.717, 1.165) is 30.5 Å². The van der Waals surface area contributed by atoms with E-state index in [1.807, 2.05) is 30.3 Å². The number of rotatable bonds is 5. The second kappa shape index (κ2) is 9.40. The molecule has 0 saturated carbocycles. The van der Waals surface area contributed by atoms with Gasteiger partial charge in [0.1, 0.15) is 5.00 Å². The average molecular weight is 463 g/mol. The molecule has 6 heteroatoms. The number of aliphatic imine (C=N–C) groups is 1. The van der Waals surface area contributed by atoms with E-state index < -0.39 is 0 Å².